The molecule has 0 saturated carbocycles. The minimum absolute atomic E-state index is 0.0173. The van der Waals surface area contributed by atoms with Gasteiger partial charge in [0.15, 0.2) is 5.96 Å². The Morgan fingerprint density at radius 2 is 1.93 bits per heavy atom. The lowest BCUT2D eigenvalue weighted by Gasteiger charge is -2.25. The van der Waals surface area contributed by atoms with E-state index in [0.717, 1.165) is 0 Å². The highest BCUT2D eigenvalue weighted by molar-refractivity contribution is 5.94. The van der Waals surface area contributed by atoms with Gasteiger partial charge in [0, 0.05) is 37.9 Å². The number of likely N-dealkylation sites (N-methyl/N-ethyl adjacent to an activating group) is 2. The molecule has 0 heterocycles. The Morgan fingerprint density at radius 3 is 2.52 bits per heavy atom. The Bertz CT molecular complexity index is 705. The molecule has 2 N–H and O–H groups in total. The molecule has 1 rings (SSSR count). The monoisotopic (exact) mass is 371 g/mol. The molecule has 146 valence electrons. The Morgan fingerprint density at radius 1 is 1.22 bits per heavy atom. The van der Waals surface area contributed by atoms with Crippen molar-refractivity contribution in [3.05, 3.63) is 29.8 Å². The van der Waals surface area contributed by atoms with E-state index < -0.39 is 0 Å². The van der Waals surface area contributed by atoms with Crippen molar-refractivity contribution in [3.63, 3.8) is 0 Å². The predicted octanol–water partition coefficient (Wildman–Crippen LogP) is 1.37. The van der Waals surface area contributed by atoms with Crippen molar-refractivity contribution in [1.82, 2.24) is 15.1 Å². The number of carbonyl (C=O) groups excluding carboxylic acids is 2. The lowest BCUT2D eigenvalue weighted by Crippen LogP contribution is -2.46. The Labute approximate surface area is 161 Å². The van der Waals surface area contributed by atoms with Crippen LogP contribution >= 0.6 is 0 Å². The second-order valence-electron chi connectivity index (χ2n) is 5.87. The van der Waals surface area contributed by atoms with Crippen LogP contribution in [0.3, 0.4) is 0 Å². The fraction of sp³-hybridized carbons (Fsp3) is 0.450. The van der Waals surface area contributed by atoms with Crippen LogP contribution in [0, 0.1) is 12.3 Å². The van der Waals surface area contributed by atoms with Crippen molar-refractivity contribution >= 4 is 23.5 Å². The lowest BCUT2D eigenvalue weighted by molar-refractivity contribution is -0.131. The zero-order valence-electron chi connectivity index (χ0n) is 16.6. The number of amides is 2. The van der Waals surface area contributed by atoms with Gasteiger partial charge in [-0.15, -0.1) is 6.42 Å². The van der Waals surface area contributed by atoms with Crippen molar-refractivity contribution in [2.24, 2.45) is 4.99 Å². The molecule has 0 radical (unpaired) electrons. The number of anilines is 1. The third-order valence-electron chi connectivity index (χ3n) is 3.87. The average molecular weight is 371 g/mol. The van der Waals surface area contributed by atoms with Gasteiger partial charge in [0.25, 0.3) is 0 Å². The molecule has 0 atom stereocenters. The van der Waals surface area contributed by atoms with Gasteiger partial charge in [-0.3, -0.25) is 9.59 Å². The molecule has 0 aromatic heterocycles. The second kappa shape index (κ2) is 11.6. The number of hydrogen-bond acceptors (Lipinski definition) is 3. The van der Waals surface area contributed by atoms with Crippen LogP contribution in [0.5, 0.6) is 0 Å². The minimum atomic E-state index is -0.261. The Balaban J connectivity index is 2.72. The second-order valence-corrected chi connectivity index (χ2v) is 5.87. The van der Waals surface area contributed by atoms with Crippen molar-refractivity contribution in [2.45, 2.75) is 20.8 Å². The number of benzene rings is 1. The predicted molar refractivity (Wildman–Crippen MR) is 110 cm³/mol. The van der Waals surface area contributed by atoms with Crippen LogP contribution in [0.25, 0.3) is 0 Å². The van der Waals surface area contributed by atoms with E-state index in [2.05, 4.69) is 21.5 Å². The molecule has 7 heteroatoms. The molecule has 7 nitrogen and oxygen atoms in total. The highest BCUT2D eigenvalue weighted by atomic mass is 16.2. The molecule has 0 aliphatic heterocycles. The number of aliphatic imine (C=N–C) groups is 1. The topological polar surface area (TPSA) is 77.0 Å². The molecule has 1 aromatic rings. The Kier molecular flexibility index (Phi) is 9.45. The summed E-state index contributed by atoms with van der Waals surface area (Å²) in [5, 5.41) is 5.87. The molecule has 0 unspecified atom stereocenters. The molecular formula is C20H29N5O2. The number of nitrogens with zero attached hydrogens (tertiary/aromatic N) is 3. The zero-order chi connectivity index (χ0) is 20.2. The van der Waals surface area contributed by atoms with Crippen molar-refractivity contribution in [1.29, 1.82) is 0 Å². The summed E-state index contributed by atoms with van der Waals surface area (Å²) in [4.78, 5) is 32.2. The van der Waals surface area contributed by atoms with Gasteiger partial charge in [0.2, 0.25) is 11.8 Å². The van der Waals surface area contributed by atoms with Crippen molar-refractivity contribution < 1.29 is 9.59 Å². The standard InChI is InChI=1S/C20H29N5O2/c1-6-16-11-10-12-17(13-16)23-18(26)14-22-20(21-7-2)24(5)15-19(27)25(8-3)9-4/h1,10-13H,7-9,14-15H2,2-5H3,(H,21,22)(H,23,26). The maximum atomic E-state index is 12.3. The van der Waals surface area contributed by atoms with Crippen LogP contribution in [0.4, 0.5) is 5.69 Å². The van der Waals surface area contributed by atoms with E-state index in [0.29, 0.717) is 36.8 Å². The van der Waals surface area contributed by atoms with Crippen LogP contribution < -0.4 is 10.6 Å². The number of nitrogens with one attached hydrogen (secondary N) is 2. The van der Waals surface area contributed by atoms with Gasteiger partial charge in [0.1, 0.15) is 6.54 Å². The first kappa shape index (κ1) is 22.0. The molecular weight excluding hydrogens is 342 g/mol. The summed E-state index contributed by atoms with van der Waals surface area (Å²) in [5.41, 5.74) is 1.32. The zero-order valence-corrected chi connectivity index (χ0v) is 16.6. The van der Waals surface area contributed by atoms with Gasteiger partial charge in [-0.1, -0.05) is 12.0 Å². The molecule has 0 saturated heterocycles. The molecule has 0 aliphatic rings. The van der Waals surface area contributed by atoms with E-state index >= 15 is 0 Å². The summed E-state index contributed by atoms with van der Waals surface area (Å²) >= 11 is 0. The van der Waals surface area contributed by atoms with Gasteiger partial charge in [0.05, 0.1) is 6.54 Å². The first-order chi connectivity index (χ1) is 12.9. The third-order valence-corrected chi connectivity index (χ3v) is 3.87. The smallest absolute Gasteiger partial charge is 0.246 e. The molecule has 2 amide bonds. The first-order valence-electron chi connectivity index (χ1n) is 9.08. The highest BCUT2D eigenvalue weighted by Crippen LogP contribution is 2.09. The molecule has 0 fully saturated rings. The van der Waals surface area contributed by atoms with Crippen molar-refractivity contribution in [3.8, 4) is 12.3 Å². The SMILES string of the molecule is C#Cc1cccc(NC(=O)CN=C(NCC)N(C)CC(=O)N(CC)CC)c1. The number of carbonyl (C=O) groups is 2. The summed E-state index contributed by atoms with van der Waals surface area (Å²) in [6.07, 6.45) is 5.37. The van der Waals surface area contributed by atoms with E-state index in [9.17, 15) is 9.59 Å². The highest BCUT2D eigenvalue weighted by Gasteiger charge is 2.15. The quantitative estimate of drug-likeness (QED) is 0.411. The van der Waals surface area contributed by atoms with Crippen LogP contribution in [-0.2, 0) is 9.59 Å². The van der Waals surface area contributed by atoms with Crippen LogP contribution in [0.15, 0.2) is 29.3 Å². The lowest BCUT2D eigenvalue weighted by atomic mass is 10.2. The summed E-state index contributed by atoms with van der Waals surface area (Å²) in [6, 6.07) is 7.06. The first-order valence-corrected chi connectivity index (χ1v) is 9.08. The fourth-order valence-electron chi connectivity index (χ4n) is 2.46. The summed E-state index contributed by atoms with van der Waals surface area (Å²) < 4.78 is 0. The number of guanidine groups is 1. The molecule has 0 spiro atoms. The summed E-state index contributed by atoms with van der Waals surface area (Å²) in [6.45, 7) is 7.91. The summed E-state index contributed by atoms with van der Waals surface area (Å²) in [5.74, 6) is 2.79. The van der Waals surface area contributed by atoms with E-state index in [4.69, 9.17) is 6.42 Å². The minimum Gasteiger partial charge on any atom is -0.356 e. The third kappa shape index (κ3) is 7.40. The van der Waals surface area contributed by atoms with Gasteiger partial charge in [-0.2, -0.15) is 0 Å². The maximum absolute atomic E-state index is 12.3. The van der Waals surface area contributed by atoms with E-state index in [1.807, 2.05) is 20.8 Å². The normalized spacial score (nSPS) is 10.7. The molecule has 0 bridgehead atoms. The van der Waals surface area contributed by atoms with E-state index in [-0.39, 0.29) is 24.9 Å². The molecule has 27 heavy (non-hydrogen) atoms. The molecule has 0 aliphatic carbocycles. The summed E-state index contributed by atoms with van der Waals surface area (Å²) in [7, 11) is 1.77. The van der Waals surface area contributed by atoms with E-state index in [1.165, 1.54) is 0 Å². The number of rotatable bonds is 8. The van der Waals surface area contributed by atoms with Gasteiger partial charge >= 0.3 is 0 Å². The van der Waals surface area contributed by atoms with Crippen LogP contribution in [-0.4, -0.2) is 67.3 Å². The maximum Gasteiger partial charge on any atom is 0.246 e. The van der Waals surface area contributed by atoms with Gasteiger partial charge < -0.3 is 20.4 Å². The van der Waals surface area contributed by atoms with Crippen LogP contribution in [0.2, 0.25) is 0 Å². The fourth-order valence-corrected chi connectivity index (χ4v) is 2.46. The van der Waals surface area contributed by atoms with E-state index in [1.54, 1.807) is 41.1 Å². The Hall–Kier alpha value is -3.01. The largest absolute Gasteiger partial charge is 0.356 e. The average Bonchev–Trinajstić information content (AvgIpc) is 2.66. The van der Waals surface area contributed by atoms with Crippen molar-refractivity contribution in [2.75, 3.05) is 45.1 Å². The van der Waals surface area contributed by atoms with Gasteiger partial charge in [-0.25, -0.2) is 4.99 Å². The van der Waals surface area contributed by atoms with Crippen LogP contribution in [0.1, 0.15) is 26.3 Å². The van der Waals surface area contributed by atoms with Gasteiger partial charge in [-0.05, 0) is 39.0 Å². The number of hydrogen-bond donors (Lipinski definition) is 2. The molecule has 1 aromatic carbocycles. The number of terminal acetylenes is 1.